The lowest BCUT2D eigenvalue weighted by molar-refractivity contribution is 0.251. The second-order valence-corrected chi connectivity index (χ2v) is 7.80. The number of anilines is 3. The normalized spacial score (nSPS) is 14.3. The molecule has 1 fully saturated rings. The van der Waals surface area contributed by atoms with Gasteiger partial charge in [-0.2, -0.15) is 0 Å². The van der Waals surface area contributed by atoms with Crippen LogP contribution in [0.3, 0.4) is 0 Å². The minimum atomic E-state index is -0.380. The first-order valence-corrected chi connectivity index (χ1v) is 10.1. The number of benzene rings is 1. The lowest BCUT2D eigenvalue weighted by atomic mass is 9.94. The molecule has 3 rings (SSSR count). The second kappa shape index (κ2) is 9.58. The van der Waals surface area contributed by atoms with E-state index in [-0.39, 0.29) is 11.8 Å². The Balaban J connectivity index is 1.54. The van der Waals surface area contributed by atoms with Crippen molar-refractivity contribution in [1.29, 1.82) is 0 Å². The van der Waals surface area contributed by atoms with Crippen molar-refractivity contribution in [3.05, 3.63) is 47.9 Å². The van der Waals surface area contributed by atoms with Crippen molar-refractivity contribution in [2.75, 3.05) is 36.3 Å². The summed E-state index contributed by atoms with van der Waals surface area (Å²) in [6, 6.07) is 8.67. The van der Waals surface area contributed by atoms with Gasteiger partial charge in [0.25, 0.3) is 0 Å². The zero-order valence-electron chi connectivity index (χ0n) is 17.4. The van der Waals surface area contributed by atoms with E-state index in [0.29, 0.717) is 24.0 Å². The molecule has 7 heteroatoms. The van der Waals surface area contributed by atoms with E-state index >= 15 is 0 Å². The van der Waals surface area contributed by atoms with Crippen molar-refractivity contribution in [3.63, 3.8) is 0 Å². The molecule has 2 amide bonds. The molecular formula is C22H30FN5O. The maximum Gasteiger partial charge on any atom is 0.319 e. The molecule has 1 aliphatic carbocycles. The van der Waals surface area contributed by atoms with Gasteiger partial charge >= 0.3 is 6.03 Å². The Bertz CT molecular complexity index is 818. The fourth-order valence-electron chi connectivity index (χ4n) is 3.68. The van der Waals surface area contributed by atoms with Crippen molar-refractivity contribution in [2.24, 2.45) is 0 Å². The molecule has 0 atom stereocenters. The van der Waals surface area contributed by atoms with Gasteiger partial charge in [0.15, 0.2) is 0 Å². The Labute approximate surface area is 172 Å². The number of pyridine rings is 1. The van der Waals surface area contributed by atoms with Gasteiger partial charge in [0.1, 0.15) is 11.6 Å². The van der Waals surface area contributed by atoms with Crippen molar-refractivity contribution in [1.82, 2.24) is 10.3 Å². The van der Waals surface area contributed by atoms with Gasteiger partial charge in [-0.05, 0) is 42.7 Å². The molecule has 6 nitrogen and oxygen atoms in total. The van der Waals surface area contributed by atoms with Crippen molar-refractivity contribution < 1.29 is 9.18 Å². The summed E-state index contributed by atoms with van der Waals surface area (Å²) >= 11 is 0. The topological polar surface area (TPSA) is 60.5 Å². The van der Waals surface area contributed by atoms with Gasteiger partial charge in [-0.15, -0.1) is 0 Å². The van der Waals surface area contributed by atoms with E-state index in [2.05, 4.69) is 15.6 Å². The molecular weight excluding hydrogens is 369 g/mol. The number of amides is 2. The van der Waals surface area contributed by atoms with Crippen LogP contribution in [-0.4, -0.2) is 38.2 Å². The Morgan fingerprint density at radius 3 is 2.52 bits per heavy atom. The molecule has 156 valence electrons. The highest BCUT2D eigenvalue weighted by Crippen LogP contribution is 2.29. The molecule has 1 heterocycles. The van der Waals surface area contributed by atoms with Gasteiger partial charge in [0, 0.05) is 45.6 Å². The first-order chi connectivity index (χ1) is 13.9. The number of carbonyl (C=O) groups excluding carboxylic acids is 1. The number of aromatic nitrogens is 1. The molecule has 1 aromatic heterocycles. The molecule has 0 spiro atoms. The van der Waals surface area contributed by atoms with E-state index in [1.165, 1.54) is 25.3 Å². The number of carbonyl (C=O) groups is 1. The van der Waals surface area contributed by atoms with Crippen molar-refractivity contribution in [3.8, 4) is 0 Å². The molecule has 0 unspecified atom stereocenters. The minimum absolute atomic E-state index is 0.320. The average molecular weight is 400 g/mol. The van der Waals surface area contributed by atoms with Gasteiger partial charge in [0.05, 0.1) is 5.69 Å². The zero-order chi connectivity index (χ0) is 20.8. The van der Waals surface area contributed by atoms with Crippen LogP contribution in [0.15, 0.2) is 36.5 Å². The van der Waals surface area contributed by atoms with E-state index in [1.54, 1.807) is 18.3 Å². The highest BCUT2D eigenvalue weighted by molar-refractivity contribution is 5.89. The van der Waals surface area contributed by atoms with Crippen LogP contribution in [0, 0.1) is 5.82 Å². The third-order valence-corrected chi connectivity index (χ3v) is 5.43. The van der Waals surface area contributed by atoms with Crippen LogP contribution >= 0.6 is 0 Å². The standard InChI is InChI=1S/C22H30FN5O/c1-27(2)21-12-9-16(14-24-21)15-25-22(29)26-17-10-11-20(19(23)13-17)28(3)18-7-5-4-6-8-18/h9-14,18H,4-8,15H2,1-3H3,(H2,25,26,29). The number of nitrogens with zero attached hydrogens (tertiary/aromatic N) is 3. The summed E-state index contributed by atoms with van der Waals surface area (Å²) in [5.41, 5.74) is 1.90. The summed E-state index contributed by atoms with van der Waals surface area (Å²) in [6.45, 7) is 0.345. The molecule has 0 radical (unpaired) electrons. The van der Waals surface area contributed by atoms with Gasteiger partial charge in [-0.25, -0.2) is 14.2 Å². The molecule has 1 saturated carbocycles. The minimum Gasteiger partial charge on any atom is -0.369 e. The first-order valence-electron chi connectivity index (χ1n) is 10.1. The average Bonchev–Trinajstić information content (AvgIpc) is 2.73. The van der Waals surface area contributed by atoms with Gasteiger partial charge < -0.3 is 20.4 Å². The van der Waals surface area contributed by atoms with Gasteiger partial charge in [0.2, 0.25) is 0 Å². The van der Waals surface area contributed by atoms with Crippen LogP contribution in [0.4, 0.5) is 26.4 Å². The lowest BCUT2D eigenvalue weighted by Gasteiger charge is -2.33. The second-order valence-electron chi connectivity index (χ2n) is 7.80. The Kier molecular flexibility index (Phi) is 6.90. The molecule has 0 bridgehead atoms. The third-order valence-electron chi connectivity index (χ3n) is 5.43. The fraction of sp³-hybridized carbons (Fsp3) is 0.455. The first kappa shape index (κ1) is 20.9. The Morgan fingerprint density at radius 1 is 1.14 bits per heavy atom. The Morgan fingerprint density at radius 2 is 1.90 bits per heavy atom. The van der Waals surface area contributed by atoms with Gasteiger partial charge in [-0.1, -0.05) is 25.3 Å². The predicted molar refractivity (Wildman–Crippen MR) is 116 cm³/mol. The zero-order valence-corrected chi connectivity index (χ0v) is 17.4. The molecule has 0 aliphatic heterocycles. The van der Waals surface area contributed by atoms with Crippen LogP contribution in [0.5, 0.6) is 0 Å². The molecule has 1 aliphatic rings. The van der Waals surface area contributed by atoms with Crippen LogP contribution in [0.25, 0.3) is 0 Å². The SMILES string of the molecule is CN(C)c1ccc(CNC(=O)Nc2ccc(N(C)C3CCCCC3)c(F)c2)cn1. The number of hydrogen-bond acceptors (Lipinski definition) is 4. The smallest absolute Gasteiger partial charge is 0.319 e. The summed E-state index contributed by atoms with van der Waals surface area (Å²) in [6.07, 6.45) is 7.59. The number of urea groups is 1. The highest BCUT2D eigenvalue weighted by Gasteiger charge is 2.20. The summed E-state index contributed by atoms with van der Waals surface area (Å²) in [4.78, 5) is 20.4. The highest BCUT2D eigenvalue weighted by atomic mass is 19.1. The summed E-state index contributed by atoms with van der Waals surface area (Å²) < 4.78 is 14.6. The van der Waals surface area contributed by atoms with Crippen LogP contribution in [-0.2, 0) is 6.54 Å². The van der Waals surface area contributed by atoms with E-state index in [4.69, 9.17) is 0 Å². The van der Waals surface area contributed by atoms with E-state index in [9.17, 15) is 9.18 Å². The summed E-state index contributed by atoms with van der Waals surface area (Å²) in [5.74, 6) is 0.534. The lowest BCUT2D eigenvalue weighted by Crippen LogP contribution is -2.34. The van der Waals surface area contributed by atoms with Crippen LogP contribution in [0.1, 0.15) is 37.7 Å². The largest absolute Gasteiger partial charge is 0.369 e. The number of hydrogen-bond donors (Lipinski definition) is 2. The molecule has 1 aromatic carbocycles. The summed E-state index contributed by atoms with van der Waals surface area (Å²) in [5, 5.41) is 5.46. The molecule has 2 N–H and O–H groups in total. The maximum absolute atomic E-state index is 14.6. The molecule has 2 aromatic rings. The fourth-order valence-corrected chi connectivity index (χ4v) is 3.68. The van der Waals surface area contributed by atoms with E-state index in [1.807, 2.05) is 43.1 Å². The van der Waals surface area contributed by atoms with Gasteiger partial charge in [-0.3, -0.25) is 0 Å². The van der Waals surface area contributed by atoms with E-state index < -0.39 is 0 Å². The molecule has 0 saturated heterocycles. The van der Waals surface area contributed by atoms with Crippen molar-refractivity contribution in [2.45, 2.75) is 44.7 Å². The summed E-state index contributed by atoms with van der Waals surface area (Å²) in [7, 11) is 5.79. The monoisotopic (exact) mass is 399 g/mol. The maximum atomic E-state index is 14.6. The Hall–Kier alpha value is -2.83. The third kappa shape index (κ3) is 5.59. The predicted octanol–water partition coefficient (Wildman–Crippen LogP) is 4.38. The van der Waals surface area contributed by atoms with Crippen molar-refractivity contribution >= 4 is 23.2 Å². The van der Waals surface area contributed by atoms with Crippen LogP contribution < -0.4 is 20.4 Å². The number of nitrogens with one attached hydrogen (secondary N) is 2. The van der Waals surface area contributed by atoms with Crippen LogP contribution in [0.2, 0.25) is 0 Å². The number of halogens is 1. The number of rotatable bonds is 6. The quantitative estimate of drug-likeness (QED) is 0.757. The molecule has 29 heavy (non-hydrogen) atoms. The van der Waals surface area contributed by atoms with E-state index in [0.717, 1.165) is 24.2 Å².